The van der Waals surface area contributed by atoms with Gasteiger partial charge in [-0.1, -0.05) is 12.2 Å². The normalized spacial score (nSPS) is 48.2. The molecule has 1 heterocycles. The molecule has 1 nitrogen and oxygen atoms in total. The zero-order chi connectivity index (χ0) is 8.06. The Morgan fingerprint density at radius 1 is 1.64 bits per heavy atom. The van der Waals surface area contributed by atoms with E-state index in [0.717, 1.165) is 5.92 Å². The van der Waals surface area contributed by atoms with Gasteiger partial charge in [-0.25, -0.2) is 0 Å². The zero-order valence-electron chi connectivity index (χ0n) is 7.43. The number of fused-ring (bicyclic) bond motifs is 1. The Morgan fingerprint density at radius 3 is 2.91 bits per heavy atom. The maximum absolute atomic E-state index is 4.58. The number of allylic oxidation sites excluding steroid dienone is 1. The molecule has 0 aromatic carbocycles. The molecule has 2 rings (SSSR count). The van der Waals surface area contributed by atoms with Gasteiger partial charge in [0.25, 0.3) is 0 Å². The van der Waals surface area contributed by atoms with Crippen LogP contribution in [0.25, 0.3) is 0 Å². The number of rotatable bonds is 1. The van der Waals surface area contributed by atoms with Crippen LogP contribution in [-0.4, -0.2) is 16.4 Å². The van der Waals surface area contributed by atoms with Gasteiger partial charge in [0.15, 0.2) is 0 Å². The number of hydrogen-bond donors (Lipinski definition) is 0. The lowest BCUT2D eigenvalue weighted by atomic mass is 9.80. The van der Waals surface area contributed by atoms with Gasteiger partial charge in [0, 0.05) is 19.8 Å². The average molecular weight is 153 g/mol. The Kier molecular flexibility index (Phi) is 1.40. The highest BCUT2D eigenvalue weighted by atomic mass is 16.6. The summed E-state index contributed by atoms with van der Waals surface area (Å²) in [5.41, 5.74) is 1.75. The molecule has 1 unspecified atom stereocenters. The van der Waals surface area contributed by atoms with Gasteiger partial charge < -0.3 is 4.74 Å². The molecule has 1 heteroatoms. The van der Waals surface area contributed by atoms with Gasteiger partial charge in [0.1, 0.15) is 0 Å². The summed E-state index contributed by atoms with van der Waals surface area (Å²) in [5.74, 6) is 0.763. The highest BCUT2D eigenvalue weighted by Crippen LogP contribution is 2.47. The molecule has 62 valence electrons. The molecular weight excluding hydrogens is 136 g/mol. The van der Waals surface area contributed by atoms with Crippen LogP contribution in [0.1, 0.15) is 33.1 Å². The quantitative estimate of drug-likeness (QED) is 0.310. The van der Waals surface area contributed by atoms with E-state index in [1.54, 1.807) is 0 Å². The molecule has 0 spiro atoms. The van der Waals surface area contributed by atoms with E-state index >= 15 is 0 Å². The standard InChI is InChI=1S/C10H16O/c1-7(2)8-4-5-10(3)9(6-8)11-10/h8-9H,1,4-6H2,2-3H3/p+1/t8?,9-,10+/m1/s1. The Hall–Kier alpha value is -0.300. The number of aliphatic hydroxyl groups is 2. The lowest BCUT2D eigenvalue weighted by molar-refractivity contribution is 0.125. The van der Waals surface area contributed by atoms with Crippen molar-refractivity contribution in [1.29, 1.82) is 0 Å². The van der Waals surface area contributed by atoms with Crippen molar-refractivity contribution in [2.75, 3.05) is 0 Å². The first-order valence-electron chi connectivity index (χ1n) is 4.49. The molecule has 0 amide bonds. The van der Waals surface area contributed by atoms with Crippen molar-refractivity contribution >= 4 is 0 Å². The smallest absolute Gasteiger partial charge is 0.234 e. The van der Waals surface area contributed by atoms with Gasteiger partial charge in [0.2, 0.25) is 11.7 Å². The van der Waals surface area contributed by atoms with Gasteiger partial charge in [-0.05, 0) is 19.3 Å². The van der Waals surface area contributed by atoms with E-state index in [9.17, 15) is 0 Å². The van der Waals surface area contributed by atoms with Crippen LogP contribution in [0.4, 0.5) is 0 Å². The van der Waals surface area contributed by atoms with E-state index in [1.165, 1.54) is 24.8 Å². The number of epoxide rings is 1. The van der Waals surface area contributed by atoms with Crippen LogP contribution in [-0.2, 0) is 0 Å². The molecule has 2 fully saturated rings. The monoisotopic (exact) mass is 153 g/mol. The first-order chi connectivity index (χ1) is 5.12. The zero-order valence-corrected chi connectivity index (χ0v) is 7.43. The van der Waals surface area contributed by atoms with Crippen LogP contribution >= 0.6 is 0 Å². The molecule has 1 saturated carbocycles. The Morgan fingerprint density at radius 2 is 2.36 bits per heavy atom. The lowest BCUT2D eigenvalue weighted by Gasteiger charge is -2.17. The predicted molar refractivity (Wildman–Crippen MR) is 46.6 cm³/mol. The summed E-state index contributed by atoms with van der Waals surface area (Å²) in [4.78, 5) is 0. The second-order valence-electron chi connectivity index (χ2n) is 4.32. The van der Waals surface area contributed by atoms with Gasteiger partial charge in [-0.15, -0.1) is 0 Å². The lowest BCUT2D eigenvalue weighted by Crippen LogP contribution is -2.21. The van der Waals surface area contributed by atoms with E-state index in [-0.39, 0.29) is 0 Å². The fourth-order valence-corrected chi connectivity index (χ4v) is 2.16. The highest BCUT2D eigenvalue weighted by Gasteiger charge is 2.63. The summed E-state index contributed by atoms with van der Waals surface area (Å²) in [5, 5.41) is 0. The van der Waals surface area contributed by atoms with Crippen molar-refractivity contribution in [3.05, 3.63) is 12.2 Å². The summed E-state index contributed by atoms with van der Waals surface area (Å²) in [6.07, 6.45) is 4.55. The van der Waals surface area contributed by atoms with Gasteiger partial charge >= 0.3 is 0 Å². The van der Waals surface area contributed by atoms with Crippen molar-refractivity contribution in [1.82, 2.24) is 0 Å². The molecule has 3 atom stereocenters. The minimum Gasteiger partial charge on any atom is -0.415 e. The van der Waals surface area contributed by atoms with Crippen molar-refractivity contribution in [3.8, 4) is 0 Å². The molecular formula is C10H17O+. The summed E-state index contributed by atoms with van der Waals surface area (Å²) in [6, 6.07) is 0. The SMILES string of the molecule is C=C(C)C1CC[C@]2(C)[OH+][C@@H]2C1. The minimum atomic E-state index is 0.395. The molecule has 0 aromatic rings. The summed E-state index contributed by atoms with van der Waals surface area (Å²) >= 11 is 0. The highest BCUT2D eigenvalue weighted by molar-refractivity contribution is 5.08. The Balaban J connectivity index is 1.98. The van der Waals surface area contributed by atoms with Crippen LogP contribution in [0.15, 0.2) is 12.2 Å². The van der Waals surface area contributed by atoms with E-state index in [2.05, 4.69) is 25.2 Å². The third-order valence-corrected chi connectivity index (χ3v) is 3.30. The molecule has 2 aliphatic rings. The fraction of sp³-hybridized carbons (Fsp3) is 0.800. The average Bonchev–Trinajstić information content (AvgIpc) is 2.58. The first-order valence-corrected chi connectivity index (χ1v) is 4.49. The largest absolute Gasteiger partial charge is 0.415 e. The third-order valence-electron chi connectivity index (χ3n) is 3.30. The summed E-state index contributed by atoms with van der Waals surface area (Å²) in [6.45, 7) is 8.45. The Bertz CT molecular complexity index is 197. The molecule has 1 saturated heterocycles. The third kappa shape index (κ3) is 1.12. The van der Waals surface area contributed by atoms with Crippen molar-refractivity contribution < 1.29 is 4.74 Å². The molecule has 0 aromatic heterocycles. The first kappa shape index (κ1) is 7.35. The van der Waals surface area contributed by atoms with Gasteiger partial charge in [-0.3, -0.25) is 0 Å². The van der Waals surface area contributed by atoms with Crippen LogP contribution in [0.3, 0.4) is 0 Å². The van der Waals surface area contributed by atoms with Crippen molar-refractivity contribution in [2.24, 2.45) is 5.92 Å². The topological polar surface area (TPSA) is 12.8 Å². The van der Waals surface area contributed by atoms with E-state index in [1.807, 2.05) is 0 Å². The van der Waals surface area contributed by atoms with Crippen LogP contribution in [0.5, 0.6) is 0 Å². The fourth-order valence-electron chi connectivity index (χ4n) is 2.16. The molecule has 11 heavy (non-hydrogen) atoms. The molecule has 1 N–H and O–H groups in total. The second kappa shape index (κ2) is 2.10. The van der Waals surface area contributed by atoms with E-state index < -0.39 is 0 Å². The molecule has 0 radical (unpaired) electrons. The maximum Gasteiger partial charge on any atom is 0.234 e. The predicted octanol–water partition coefficient (Wildman–Crippen LogP) is 2.03. The van der Waals surface area contributed by atoms with Crippen LogP contribution in [0.2, 0.25) is 0 Å². The second-order valence-corrected chi connectivity index (χ2v) is 4.32. The number of hydrogen-bond acceptors (Lipinski definition) is 0. The van der Waals surface area contributed by atoms with E-state index in [0.29, 0.717) is 11.7 Å². The molecule has 0 bridgehead atoms. The van der Waals surface area contributed by atoms with Crippen molar-refractivity contribution in [2.45, 2.75) is 44.8 Å². The van der Waals surface area contributed by atoms with E-state index in [4.69, 9.17) is 0 Å². The van der Waals surface area contributed by atoms with Gasteiger partial charge in [-0.2, -0.15) is 0 Å². The number of ether oxygens (including phenoxy) is 1. The Labute approximate surface area is 68.4 Å². The van der Waals surface area contributed by atoms with Crippen molar-refractivity contribution in [3.63, 3.8) is 0 Å². The van der Waals surface area contributed by atoms with Crippen LogP contribution < -0.4 is 0 Å². The molecule has 1 aliphatic carbocycles. The minimum absolute atomic E-state index is 0.395. The van der Waals surface area contributed by atoms with Gasteiger partial charge in [0.05, 0.1) is 0 Å². The summed E-state index contributed by atoms with van der Waals surface area (Å²) in [7, 11) is 0. The molecule has 1 aliphatic heterocycles. The van der Waals surface area contributed by atoms with Crippen LogP contribution in [0, 0.1) is 5.92 Å². The summed E-state index contributed by atoms with van der Waals surface area (Å²) < 4.78 is 4.58. The maximum atomic E-state index is 4.58.